The third-order valence-corrected chi connectivity index (χ3v) is 5.46. The van der Waals surface area contributed by atoms with Crippen LogP contribution >= 0.6 is 0 Å². The van der Waals surface area contributed by atoms with Crippen LogP contribution in [0.5, 0.6) is 0 Å². The number of rotatable bonds is 5. The molecular formula is C24H21F2N3O2. The summed E-state index contributed by atoms with van der Waals surface area (Å²) in [5, 5.41) is 2.80. The van der Waals surface area contributed by atoms with Crippen LogP contribution in [-0.2, 0) is 15.1 Å². The first-order chi connectivity index (χ1) is 14.8. The molecule has 3 aromatic carbocycles. The number of nitrogens with zero attached hydrogens (tertiary/aromatic N) is 2. The van der Waals surface area contributed by atoms with E-state index in [0.29, 0.717) is 16.9 Å². The van der Waals surface area contributed by atoms with Crippen molar-refractivity contribution in [2.24, 2.45) is 0 Å². The molecule has 1 aliphatic heterocycles. The highest BCUT2D eigenvalue weighted by Crippen LogP contribution is 2.46. The second-order valence-electron chi connectivity index (χ2n) is 7.64. The SMILES string of the molecule is CN(C)c1ccc(C2(C(=O)Nc3ccc(F)cc3)CC(=O)N2c2ccc(F)cc2)cc1. The van der Waals surface area contributed by atoms with E-state index in [-0.39, 0.29) is 12.3 Å². The fraction of sp³-hybridized carbons (Fsp3) is 0.167. The Bertz CT molecular complexity index is 1110. The summed E-state index contributed by atoms with van der Waals surface area (Å²) in [5.41, 5.74) is 1.09. The van der Waals surface area contributed by atoms with Gasteiger partial charge in [0.05, 0.1) is 6.42 Å². The van der Waals surface area contributed by atoms with Crippen LogP contribution in [-0.4, -0.2) is 25.9 Å². The summed E-state index contributed by atoms with van der Waals surface area (Å²) in [7, 11) is 3.81. The third kappa shape index (κ3) is 3.63. The number of carbonyl (C=O) groups excluding carboxylic acids is 2. The number of anilines is 3. The average molecular weight is 421 g/mol. The first-order valence-corrected chi connectivity index (χ1v) is 9.75. The van der Waals surface area contributed by atoms with Crippen molar-refractivity contribution in [2.75, 3.05) is 29.2 Å². The van der Waals surface area contributed by atoms with Gasteiger partial charge >= 0.3 is 0 Å². The van der Waals surface area contributed by atoms with E-state index in [9.17, 15) is 18.4 Å². The molecule has 1 saturated heterocycles. The zero-order valence-corrected chi connectivity index (χ0v) is 17.1. The van der Waals surface area contributed by atoms with E-state index < -0.39 is 23.1 Å². The smallest absolute Gasteiger partial charge is 0.255 e. The molecule has 158 valence electrons. The second-order valence-corrected chi connectivity index (χ2v) is 7.64. The maximum absolute atomic E-state index is 13.5. The summed E-state index contributed by atoms with van der Waals surface area (Å²) >= 11 is 0. The lowest BCUT2D eigenvalue weighted by molar-refractivity contribution is -0.137. The number of hydrogen-bond donors (Lipinski definition) is 1. The van der Waals surface area contributed by atoms with Gasteiger partial charge in [0, 0.05) is 31.2 Å². The predicted octanol–water partition coefficient (Wildman–Crippen LogP) is 4.30. The second kappa shape index (κ2) is 7.83. The largest absolute Gasteiger partial charge is 0.378 e. The molecule has 1 unspecified atom stereocenters. The van der Waals surface area contributed by atoms with Gasteiger partial charge in [-0.15, -0.1) is 0 Å². The number of benzene rings is 3. The first kappa shape index (κ1) is 20.5. The minimum absolute atomic E-state index is 0.0429. The van der Waals surface area contributed by atoms with E-state index in [1.807, 2.05) is 43.3 Å². The molecule has 7 heteroatoms. The van der Waals surface area contributed by atoms with Crippen LogP contribution in [0.3, 0.4) is 0 Å². The van der Waals surface area contributed by atoms with Crippen molar-refractivity contribution < 1.29 is 18.4 Å². The van der Waals surface area contributed by atoms with E-state index in [0.717, 1.165) is 5.69 Å². The molecule has 1 N–H and O–H groups in total. The summed E-state index contributed by atoms with van der Waals surface area (Å²) in [6.45, 7) is 0. The number of amides is 2. The van der Waals surface area contributed by atoms with Gasteiger partial charge in [-0.05, 0) is 66.2 Å². The molecule has 0 aliphatic carbocycles. The van der Waals surface area contributed by atoms with E-state index >= 15 is 0 Å². The summed E-state index contributed by atoms with van der Waals surface area (Å²) in [4.78, 5) is 29.5. The van der Waals surface area contributed by atoms with Crippen LogP contribution in [0.25, 0.3) is 0 Å². The van der Waals surface area contributed by atoms with Gasteiger partial charge in [0.25, 0.3) is 5.91 Å². The summed E-state index contributed by atoms with van der Waals surface area (Å²) in [5.74, 6) is -1.54. The molecule has 1 fully saturated rings. The molecule has 0 spiro atoms. The highest BCUT2D eigenvalue weighted by Gasteiger charge is 2.58. The van der Waals surface area contributed by atoms with Gasteiger partial charge in [-0.25, -0.2) is 8.78 Å². The predicted molar refractivity (Wildman–Crippen MR) is 116 cm³/mol. The zero-order chi connectivity index (χ0) is 22.2. The van der Waals surface area contributed by atoms with Crippen molar-refractivity contribution in [3.05, 3.63) is 90.0 Å². The molecule has 1 heterocycles. The summed E-state index contributed by atoms with van der Waals surface area (Å²) < 4.78 is 26.7. The number of β-lactam (4-membered cyclic amide) rings is 1. The number of nitrogens with one attached hydrogen (secondary N) is 1. The lowest BCUT2D eigenvalue weighted by atomic mass is 9.76. The van der Waals surface area contributed by atoms with Crippen LogP contribution in [0.4, 0.5) is 25.8 Å². The molecule has 1 aliphatic rings. The quantitative estimate of drug-likeness (QED) is 0.625. The van der Waals surface area contributed by atoms with Crippen LogP contribution < -0.4 is 15.1 Å². The van der Waals surface area contributed by atoms with Crippen molar-refractivity contribution in [1.29, 1.82) is 0 Å². The van der Waals surface area contributed by atoms with Gasteiger partial charge in [-0.1, -0.05) is 12.1 Å². The van der Waals surface area contributed by atoms with Crippen LogP contribution in [0.15, 0.2) is 72.8 Å². The monoisotopic (exact) mass is 421 g/mol. The maximum atomic E-state index is 13.5. The molecular weight excluding hydrogens is 400 g/mol. The van der Waals surface area contributed by atoms with Crippen LogP contribution in [0.1, 0.15) is 12.0 Å². The Morgan fingerprint density at radius 1 is 0.903 bits per heavy atom. The van der Waals surface area contributed by atoms with Crippen molar-refractivity contribution >= 4 is 28.9 Å². The Kier molecular flexibility index (Phi) is 5.19. The Morgan fingerprint density at radius 3 is 1.97 bits per heavy atom. The maximum Gasteiger partial charge on any atom is 0.255 e. The zero-order valence-electron chi connectivity index (χ0n) is 17.1. The van der Waals surface area contributed by atoms with E-state index in [4.69, 9.17) is 0 Å². The molecule has 0 bridgehead atoms. The molecule has 3 aromatic rings. The first-order valence-electron chi connectivity index (χ1n) is 9.75. The average Bonchev–Trinajstić information content (AvgIpc) is 2.75. The molecule has 2 amide bonds. The third-order valence-electron chi connectivity index (χ3n) is 5.46. The molecule has 5 nitrogen and oxygen atoms in total. The fourth-order valence-electron chi connectivity index (χ4n) is 3.80. The standard InChI is InChI=1S/C24H21F2N3O2/c1-28(2)20-11-3-16(4-12-20)24(23(31)27-19-9-5-17(25)6-10-19)15-22(30)29(24)21-13-7-18(26)8-14-21/h3-14H,15H2,1-2H3,(H,27,31). The molecule has 0 aromatic heterocycles. The Balaban J connectivity index is 1.78. The van der Waals surface area contributed by atoms with E-state index in [2.05, 4.69) is 5.32 Å². The Hall–Kier alpha value is -3.74. The Labute approximate surface area is 178 Å². The fourth-order valence-corrected chi connectivity index (χ4v) is 3.80. The van der Waals surface area contributed by atoms with Crippen molar-refractivity contribution in [1.82, 2.24) is 0 Å². The summed E-state index contributed by atoms with van der Waals surface area (Å²) in [6, 6.07) is 18.2. The highest BCUT2D eigenvalue weighted by atomic mass is 19.1. The van der Waals surface area contributed by atoms with Gasteiger partial charge in [0.1, 0.15) is 11.6 Å². The molecule has 1 atom stereocenters. The van der Waals surface area contributed by atoms with Crippen molar-refractivity contribution in [3.8, 4) is 0 Å². The highest BCUT2D eigenvalue weighted by molar-refractivity contribution is 6.17. The van der Waals surface area contributed by atoms with Crippen molar-refractivity contribution in [2.45, 2.75) is 12.0 Å². The number of carbonyl (C=O) groups is 2. The van der Waals surface area contributed by atoms with Gasteiger partial charge in [0.2, 0.25) is 5.91 Å². The number of hydrogen-bond acceptors (Lipinski definition) is 3. The van der Waals surface area contributed by atoms with Crippen molar-refractivity contribution in [3.63, 3.8) is 0 Å². The molecule has 4 rings (SSSR count). The minimum Gasteiger partial charge on any atom is -0.378 e. The summed E-state index contributed by atoms with van der Waals surface area (Å²) in [6.07, 6.45) is -0.0429. The van der Waals surface area contributed by atoms with Gasteiger partial charge in [0.15, 0.2) is 5.54 Å². The van der Waals surface area contributed by atoms with Crippen LogP contribution in [0, 0.1) is 11.6 Å². The normalized spacial score (nSPS) is 17.8. The van der Waals surface area contributed by atoms with Gasteiger partial charge < -0.3 is 10.2 Å². The van der Waals surface area contributed by atoms with E-state index in [1.54, 1.807) is 0 Å². The van der Waals surface area contributed by atoms with Crippen LogP contribution in [0.2, 0.25) is 0 Å². The molecule has 0 saturated carbocycles. The lowest BCUT2D eigenvalue weighted by Gasteiger charge is -2.50. The molecule has 0 radical (unpaired) electrons. The number of halogens is 2. The minimum atomic E-state index is -1.31. The van der Waals surface area contributed by atoms with Gasteiger partial charge in [-0.2, -0.15) is 0 Å². The topological polar surface area (TPSA) is 52.7 Å². The van der Waals surface area contributed by atoms with Gasteiger partial charge in [-0.3, -0.25) is 14.5 Å². The van der Waals surface area contributed by atoms with E-state index in [1.165, 1.54) is 53.4 Å². The molecule has 31 heavy (non-hydrogen) atoms. The lowest BCUT2D eigenvalue weighted by Crippen LogP contribution is -2.67. The Morgan fingerprint density at radius 2 is 1.45 bits per heavy atom.